The topological polar surface area (TPSA) is 54.7 Å². The van der Waals surface area contributed by atoms with E-state index in [1.165, 1.54) is 17.7 Å². The second-order valence-corrected chi connectivity index (χ2v) is 4.18. The first kappa shape index (κ1) is 12.4. The quantitative estimate of drug-likeness (QED) is 0.448. The highest BCUT2D eigenvalue weighted by Crippen LogP contribution is 2.20. The van der Waals surface area contributed by atoms with Gasteiger partial charge in [-0.3, -0.25) is 9.78 Å². The van der Waals surface area contributed by atoms with Gasteiger partial charge in [-0.05, 0) is 18.2 Å². The van der Waals surface area contributed by atoms with Gasteiger partial charge in [0.15, 0.2) is 6.29 Å². The van der Waals surface area contributed by atoms with Crippen LogP contribution in [0.3, 0.4) is 0 Å². The van der Waals surface area contributed by atoms with E-state index in [9.17, 15) is 4.79 Å². The van der Waals surface area contributed by atoms with Gasteiger partial charge in [0.25, 0.3) is 0 Å². The van der Waals surface area contributed by atoms with Crippen LogP contribution in [-0.4, -0.2) is 16.3 Å². The van der Waals surface area contributed by atoms with Gasteiger partial charge < -0.3 is 0 Å². The molecule has 1 atom stereocenters. The number of hydrogen-bond donors (Lipinski definition) is 0. The largest absolute Gasteiger partial charge is 0.299 e. The highest BCUT2D eigenvalue weighted by Gasteiger charge is 2.24. The van der Waals surface area contributed by atoms with Crippen LogP contribution in [0.25, 0.3) is 10.9 Å². The minimum absolute atomic E-state index is 0.529. The summed E-state index contributed by atoms with van der Waals surface area (Å²) in [4.78, 5) is 13.0. The van der Waals surface area contributed by atoms with E-state index >= 15 is 0 Å². The molecule has 3 rings (SSSR count). The van der Waals surface area contributed by atoms with Crippen molar-refractivity contribution in [1.29, 1.82) is 0 Å². The smallest absolute Gasteiger partial charge is 0.229 e. The Labute approximate surface area is 109 Å². The standard InChI is InChI=1S/C9H7N.C4H3ClN2O/c1-2-6-9-8(4-1)5-3-7-10-9;5-4(3-8)1-2-6-7-4/h1-7H;1-3H. The van der Waals surface area contributed by atoms with Crippen molar-refractivity contribution in [2.75, 3.05) is 0 Å². The number of hydrogen-bond acceptors (Lipinski definition) is 4. The molecule has 0 amide bonds. The molecular weight excluding hydrogens is 250 g/mol. The first-order valence-electron chi connectivity index (χ1n) is 5.28. The van der Waals surface area contributed by atoms with E-state index in [0.717, 1.165) is 5.52 Å². The van der Waals surface area contributed by atoms with E-state index in [4.69, 9.17) is 11.6 Å². The number of aldehydes is 1. The van der Waals surface area contributed by atoms with Gasteiger partial charge in [-0.1, -0.05) is 35.9 Å². The molecule has 1 aliphatic heterocycles. The lowest BCUT2D eigenvalue weighted by atomic mass is 10.2. The second-order valence-electron chi connectivity index (χ2n) is 3.57. The van der Waals surface area contributed by atoms with Crippen LogP contribution in [0.5, 0.6) is 0 Å². The fraction of sp³-hybridized carbons (Fsp3) is 0.0769. The summed E-state index contributed by atoms with van der Waals surface area (Å²) in [5.74, 6) is 0. The molecule has 0 saturated heterocycles. The predicted octanol–water partition coefficient (Wildman–Crippen LogP) is 3.33. The maximum Gasteiger partial charge on any atom is 0.229 e. The summed E-state index contributed by atoms with van der Waals surface area (Å²) in [7, 11) is 0. The number of pyridine rings is 1. The maximum atomic E-state index is 9.99. The van der Waals surface area contributed by atoms with Crippen LogP contribution < -0.4 is 0 Å². The van der Waals surface area contributed by atoms with Crippen molar-refractivity contribution in [3.63, 3.8) is 0 Å². The molecule has 1 unspecified atom stereocenters. The molecule has 4 nitrogen and oxygen atoms in total. The van der Waals surface area contributed by atoms with Crippen molar-refractivity contribution in [2.45, 2.75) is 5.00 Å². The van der Waals surface area contributed by atoms with Gasteiger partial charge in [0, 0.05) is 17.8 Å². The molecule has 2 aromatic rings. The Kier molecular flexibility index (Phi) is 3.79. The van der Waals surface area contributed by atoms with Crippen molar-refractivity contribution in [1.82, 2.24) is 4.98 Å². The van der Waals surface area contributed by atoms with Crippen molar-refractivity contribution in [3.8, 4) is 0 Å². The molecule has 1 aromatic heterocycles. The summed E-state index contributed by atoms with van der Waals surface area (Å²) in [5.41, 5.74) is 1.06. The van der Waals surface area contributed by atoms with E-state index < -0.39 is 5.00 Å². The van der Waals surface area contributed by atoms with Gasteiger partial charge in [-0.2, -0.15) is 10.2 Å². The van der Waals surface area contributed by atoms with Gasteiger partial charge >= 0.3 is 0 Å². The Morgan fingerprint density at radius 3 is 2.56 bits per heavy atom. The molecule has 2 heterocycles. The van der Waals surface area contributed by atoms with E-state index in [-0.39, 0.29) is 0 Å². The second kappa shape index (κ2) is 5.51. The van der Waals surface area contributed by atoms with Crippen LogP contribution >= 0.6 is 11.6 Å². The summed E-state index contributed by atoms with van der Waals surface area (Å²) >= 11 is 5.44. The van der Waals surface area contributed by atoms with Crippen LogP contribution in [0, 0.1) is 0 Å². The Morgan fingerprint density at radius 1 is 1.17 bits per heavy atom. The third kappa shape index (κ3) is 2.99. The number of nitrogens with zero attached hydrogens (tertiary/aromatic N) is 3. The molecule has 0 fully saturated rings. The first-order chi connectivity index (χ1) is 8.73. The van der Waals surface area contributed by atoms with E-state index in [2.05, 4.69) is 27.3 Å². The Bertz CT molecular complexity index is 532. The number of para-hydroxylation sites is 1. The zero-order valence-corrected chi connectivity index (χ0v) is 10.2. The lowest BCUT2D eigenvalue weighted by molar-refractivity contribution is -0.108. The number of benzene rings is 1. The summed E-state index contributed by atoms with van der Waals surface area (Å²) < 4.78 is 0. The fourth-order valence-corrected chi connectivity index (χ4v) is 1.47. The third-order valence-corrected chi connectivity index (χ3v) is 2.55. The average molecular weight is 260 g/mol. The number of rotatable bonds is 1. The molecule has 0 spiro atoms. The van der Waals surface area contributed by atoms with E-state index in [1.54, 1.807) is 0 Å². The summed E-state index contributed by atoms with van der Waals surface area (Å²) in [6.45, 7) is 0. The molecule has 18 heavy (non-hydrogen) atoms. The van der Waals surface area contributed by atoms with Gasteiger partial charge in [0.05, 0.1) is 5.52 Å². The molecular formula is C13H10ClN3O. The minimum atomic E-state index is -1.19. The van der Waals surface area contributed by atoms with Crippen LogP contribution in [0.15, 0.2) is 65.1 Å². The number of alkyl halides is 1. The highest BCUT2D eigenvalue weighted by molar-refractivity contribution is 6.33. The minimum Gasteiger partial charge on any atom is -0.299 e. The van der Waals surface area contributed by atoms with Crippen molar-refractivity contribution in [3.05, 3.63) is 54.9 Å². The molecule has 0 bridgehead atoms. The zero-order valence-electron chi connectivity index (χ0n) is 9.40. The fourth-order valence-electron chi connectivity index (χ4n) is 1.37. The van der Waals surface area contributed by atoms with Gasteiger partial charge in [-0.25, -0.2) is 0 Å². The Hall–Kier alpha value is -2.07. The lowest BCUT2D eigenvalue weighted by Gasteiger charge is -1.99. The monoisotopic (exact) mass is 259 g/mol. The van der Waals surface area contributed by atoms with Crippen LogP contribution in [0.4, 0.5) is 0 Å². The van der Waals surface area contributed by atoms with Crippen molar-refractivity contribution >= 4 is 28.8 Å². The Morgan fingerprint density at radius 2 is 1.94 bits per heavy atom. The lowest BCUT2D eigenvalue weighted by Crippen LogP contribution is -2.12. The van der Waals surface area contributed by atoms with Crippen LogP contribution in [0.1, 0.15) is 0 Å². The molecule has 90 valence electrons. The number of azo groups is 1. The number of carbonyl (C=O) groups is 1. The van der Waals surface area contributed by atoms with Crippen molar-refractivity contribution in [2.24, 2.45) is 10.2 Å². The summed E-state index contributed by atoms with van der Waals surface area (Å²) in [6.07, 6.45) is 5.15. The first-order valence-corrected chi connectivity index (χ1v) is 5.66. The van der Waals surface area contributed by atoms with Gasteiger partial charge in [0.2, 0.25) is 5.00 Å². The van der Waals surface area contributed by atoms with Crippen LogP contribution in [-0.2, 0) is 4.79 Å². The van der Waals surface area contributed by atoms with Crippen molar-refractivity contribution < 1.29 is 4.79 Å². The van der Waals surface area contributed by atoms with E-state index in [0.29, 0.717) is 6.29 Å². The molecule has 1 aliphatic rings. The number of aromatic nitrogens is 1. The molecule has 0 radical (unpaired) electrons. The molecule has 0 saturated carbocycles. The average Bonchev–Trinajstić information content (AvgIpc) is 2.87. The molecule has 0 aliphatic carbocycles. The van der Waals surface area contributed by atoms with Gasteiger partial charge in [0.1, 0.15) is 0 Å². The van der Waals surface area contributed by atoms with Crippen LogP contribution in [0.2, 0.25) is 0 Å². The molecule has 5 heteroatoms. The normalized spacial score (nSPS) is 20.5. The highest BCUT2D eigenvalue weighted by atomic mass is 35.5. The zero-order chi connectivity index (χ0) is 12.8. The molecule has 0 N–H and O–H groups in total. The maximum absolute atomic E-state index is 9.99. The third-order valence-electron chi connectivity index (χ3n) is 2.26. The summed E-state index contributed by atoms with van der Waals surface area (Å²) in [6, 6.07) is 12.1. The predicted molar refractivity (Wildman–Crippen MR) is 70.4 cm³/mol. The van der Waals surface area contributed by atoms with E-state index in [1.807, 2.05) is 30.5 Å². The molecule has 1 aromatic carbocycles. The number of carbonyl (C=O) groups excluding carboxylic acids is 1. The number of fused-ring (bicyclic) bond motifs is 1. The van der Waals surface area contributed by atoms with Gasteiger partial charge in [-0.15, -0.1) is 0 Å². The SMILES string of the molecule is O=CC1(Cl)C=CN=N1.c1ccc2ncccc2c1. The Balaban J connectivity index is 0.000000138. The summed E-state index contributed by atoms with van der Waals surface area (Å²) in [5, 5.41) is 7.99. The number of halogens is 1.